The summed E-state index contributed by atoms with van der Waals surface area (Å²) in [6.07, 6.45) is 2.51. The molecule has 0 unspecified atom stereocenters. The number of rotatable bonds is 2. The first-order valence-corrected chi connectivity index (χ1v) is 8.94. The number of halogens is 1. The van der Waals surface area contributed by atoms with E-state index >= 15 is 0 Å². The van der Waals surface area contributed by atoms with Crippen molar-refractivity contribution in [1.29, 1.82) is 0 Å². The van der Waals surface area contributed by atoms with E-state index in [2.05, 4.69) is 15.4 Å². The van der Waals surface area contributed by atoms with Crippen molar-refractivity contribution in [3.05, 3.63) is 89.1 Å². The largest absolute Gasteiger partial charge is 0.328 e. The van der Waals surface area contributed by atoms with Crippen LogP contribution in [0.25, 0.3) is 0 Å². The van der Waals surface area contributed by atoms with Crippen LogP contribution in [0, 0.1) is 5.82 Å². The van der Waals surface area contributed by atoms with Gasteiger partial charge in [0.25, 0.3) is 0 Å². The van der Waals surface area contributed by atoms with Crippen molar-refractivity contribution >= 4 is 11.7 Å². The first-order valence-electron chi connectivity index (χ1n) is 8.94. The van der Waals surface area contributed by atoms with Crippen LogP contribution in [0.2, 0.25) is 0 Å². The third-order valence-electron chi connectivity index (χ3n) is 5.33. The quantitative estimate of drug-likeness (QED) is 0.754. The van der Waals surface area contributed by atoms with Crippen molar-refractivity contribution in [3.8, 4) is 0 Å². The molecule has 0 fully saturated rings. The molecule has 1 aliphatic carbocycles. The number of nitrogens with one attached hydrogen (secondary N) is 1. The number of aromatic nitrogens is 3. The Morgan fingerprint density at radius 2 is 1.81 bits per heavy atom. The van der Waals surface area contributed by atoms with Gasteiger partial charge in [0.05, 0.1) is 0 Å². The zero-order valence-electron chi connectivity index (χ0n) is 14.5. The van der Waals surface area contributed by atoms with Crippen LogP contribution in [0.15, 0.2) is 72.2 Å². The minimum absolute atomic E-state index is 0.0204. The zero-order valence-corrected chi connectivity index (χ0v) is 14.5. The van der Waals surface area contributed by atoms with Gasteiger partial charge in [-0.25, -0.2) is 9.07 Å². The smallest absolute Gasteiger partial charge is 0.226 e. The summed E-state index contributed by atoms with van der Waals surface area (Å²) >= 11 is 0. The summed E-state index contributed by atoms with van der Waals surface area (Å²) < 4.78 is 16.2. The maximum atomic E-state index is 14.6. The van der Waals surface area contributed by atoms with Gasteiger partial charge >= 0.3 is 0 Å². The minimum atomic E-state index is -0.593. The number of carbonyl (C=O) groups excluding carboxylic acids is 1. The van der Waals surface area contributed by atoms with Crippen LogP contribution < -0.4 is 5.32 Å². The van der Waals surface area contributed by atoms with Crippen LogP contribution in [0.5, 0.6) is 0 Å². The Labute approximate surface area is 155 Å². The van der Waals surface area contributed by atoms with Gasteiger partial charge < -0.3 is 5.32 Å². The Bertz CT molecular complexity index is 1060. The van der Waals surface area contributed by atoms with Gasteiger partial charge in [-0.3, -0.25) is 4.79 Å². The van der Waals surface area contributed by atoms with Crippen molar-refractivity contribution in [2.75, 3.05) is 5.32 Å². The molecule has 0 radical (unpaired) electrons. The van der Waals surface area contributed by atoms with Crippen molar-refractivity contribution in [3.63, 3.8) is 0 Å². The Morgan fingerprint density at radius 1 is 1.04 bits per heavy atom. The fraction of sp³-hybridized carbons (Fsp3) is 0.190. The van der Waals surface area contributed by atoms with Crippen molar-refractivity contribution < 1.29 is 9.18 Å². The van der Waals surface area contributed by atoms with Gasteiger partial charge in [-0.2, -0.15) is 10.1 Å². The zero-order chi connectivity index (χ0) is 18.4. The van der Waals surface area contributed by atoms with E-state index in [4.69, 9.17) is 0 Å². The molecule has 0 saturated carbocycles. The van der Waals surface area contributed by atoms with E-state index in [-0.39, 0.29) is 17.5 Å². The van der Waals surface area contributed by atoms with Gasteiger partial charge in [0.1, 0.15) is 18.2 Å². The topological polar surface area (TPSA) is 59.8 Å². The lowest BCUT2D eigenvalue weighted by Crippen LogP contribution is -2.34. The van der Waals surface area contributed by atoms with Crippen molar-refractivity contribution in [1.82, 2.24) is 14.8 Å². The molecular weight excluding hydrogens is 343 g/mol. The number of carbonyl (C=O) groups is 1. The van der Waals surface area contributed by atoms with Gasteiger partial charge in [-0.05, 0) is 24.0 Å². The standard InChI is InChI=1S/C21H17FN4O/c22-16-9-5-4-8-15(16)20-19-17(25-21-23-12-24-26(20)21)10-14(11-18(19)27)13-6-2-1-3-7-13/h1-9,12,14,20H,10-11H2,(H,23,24,25)/t14-,20-/m1/s1. The lowest BCUT2D eigenvalue weighted by molar-refractivity contribution is -0.116. The maximum absolute atomic E-state index is 14.6. The SMILES string of the molecule is O=C1C[C@H](c2ccccc2)CC2=C1[C@@H](c1ccccc1F)n1ncnc1N2. The summed E-state index contributed by atoms with van der Waals surface area (Å²) in [4.78, 5) is 17.4. The molecule has 2 aliphatic rings. The van der Waals surface area contributed by atoms with Gasteiger partial charge in [0, 0.05) is 23.3 Å². The summed E-state index contributed by atoms with van der Waals surface area (Å²) in [5.74, 6) is 0.298. The van der Waals surface area contributed by atoms with Crippen LogP contribution in [0.4, 0.5) is 10.3 Å². The molecule has 0 bridgehead atoms. The average Bonchev–Trinajstić information content (AvgIpc) is 3.16. The van der Waals surface area contributed by atoms with Crippen molar-refractivity contribution in [2.24, 2.45) is 0 Å². The molecule has 0 amide bonds. The average molecular weight is 360 g/mol. The number of benzene rings is 2. The van der Waals surface area contributed by atoms with Crippen LogP contribution in [-0.2, 0) is 4.79 Å². The molecule has 2 atom stereocenters. The monoisotopic (exact) mass is 360 g/mol. The number of hydrogen-bond acceptors (Lipinski definition) is 4. The molecule has 1 N–H and O–H groups in total. The second-order valence-electron chi connectivity index (χ2n) is 6.91. The van der Waals surface area contributed by atoms with E-state index in [0.717, 1.165) is 11.3 Å². The first-order chi connectivity index (χ1) is 13.2. The molecular formula is C21H17FN4O. The highest BCUT2D eigenvalue weighted by Gasteiger charge is 2.40. The predicted octanol–water partition coefficient (Wildman–Crippen LogP) is 3.83. The van der Waals surface area contributed by atoms with Gasteiger partial charge in [-0.1, -0.05) is 48.5 Å². The normalized spacial score (nSPS) is 21.4. The number of Topliss-reactive ketones (excluding diaryl/α,β-unsaturated/α-hetero) is 1. The summed E-state index contributed by atoms with van der Waals surface area (Å²) in [7, 11) is 0. The third-order valence-corrected chi connectivity index (χ3v) is 5.33. The van der Waals surface area contributed by atoms with E-state index in [9.17, 15) is 9.18 Å². The number of fused-ring (bicyclic) bond motifs is 1. The van der Waals surface area contributed by atoms with Gasteiger partial charge in [0.2, 0.25) is 5.95 Å². The van der Waals surface area contributed by atoms with E-state index in [1.54, 1.807) is 22.9 Å². The highest BCUT2D eigenvalue weighted by atomic mass is 19.1. The Balaban J connectivity index is 1.63. The third kappa shape index (κ3) is 2.56. The lowest BCUT2D eigenvalue weighted by atomic mass is 9.78. The molecule has 2 heterocycles. The lowest BCUT2D eigenvalue weighted by Gasteiger charge is -2.35. The second-order valence-corrected chi connectivity index (χ2v) is 6.91. The molecule has 27 heavy (non-hydrogen) atoms. The van der Waals surface area contributed by atoms with Crippen LogP contribution in [0.3, 0.4) is 0 Å². The predicted molar refractivity (Wildman–Crippen MR) is 98.6 cm³/mol. The number of ketones is 1. The Morgan fingerprint density at radius 3 is 2.63 bits per heavy atom. The molecule has 3 aromatic rings. The van der Waals surface area contributed by atoms with Crippen LogP contribution in [-0.4, -0.2) is 20.5 Å². The summed E-state index contributed by atoms with van der Waals surface area (Å²) in [5, 5.41) is 7.50. The van der Waals surface area contributed by atoms with Crippen LogP contribution in [0.1, 0.15) is 35.9 Å². The second kappa shape index (κ2) is 6.16. The van der Waals surface area contributed by atoms with E-state index < -0.39 is 6.04 Å². The maximum Gasteiger partial charge on any atom is 0.226 e. The highest BCUT2D eigenvalue weighted by molar-refractivity contribution is 6.00. The minimum Gasteiger partial charge on any atom is -0.328 e. The van der Waals surface area contributed by atoms with Crippen LogP contribution >= 0.6 is 0 Å². The van der Waals surface area contributed by atoms with Gasteiger partial charge in [-0.15, -0.1) is 0 Å². The first kappa shape index (κ1) is 15.9. The molecule has 0 saturated heterocycles. The molecule has 1 aliphatic heterocycles. The number of nitrogens with zero attached hydrogens (tertiary/aromatic N) is 3. The fourth-order valence-electron chi connectivity index (χ4n) is 4.10. The molecule has 5 nitrogen and oxygen atoms in total. The number of allylic oxidation sites excluding steroid dienone is 2. The molecule has 5 rings (SSSR count). The molecule has 134 valence electrons. The summed E-state index contributed by atoms with van der Waals surface area (Å²) in [5.41, 5.74) is 2.97. The number of anilines is 1. The molecule has 2 aromatic carbocycles. The Kier molecular flexibility index (Phi) is 3.63. The summed E-state index contributed by atoms with van der Waals surface area (Å²) in [6.45, 7) is 0. The number of hydrogen-bond donors (Lipinski definition) is 1. The summed E-state index contributed by atoms with van der Waals surface area (Å²) in [6, 6.07) is 16.0. The molecule has 6 heteroatoms. The van der Waals surface area contributed by atoms with E-state index in [1.807, 2.05) is 30.3 Å². The molecule has 0 spiro atoms. The highest BCUT2D eigenvalue weighted by Crippen LogP contribution is 2.44. The Hall–Kier alpha value is -3.28. The van der Waals surface area contributed by atoms with E-state index in [1.165, 1.54) is 12.4 Å². The molecule has 1 aromatic heterocycles. The van der Waals surface area contributed by atoms with Crippen molar-refractivity contribution in [2.45, 2.75) is 24.8 Å². The van der Waals surface area contributed by atoms with Gasteiger partial charge in [0.15, 0.2) is 5.78 Å². The fourth-order valence-corrected chi connectivity index (χ4v) is 4.10. The van der Waals surface area contributed by atoms with E-state index in [0.29, 0.717) is 29.9 Å².